The van der Waals surface area contributed by atoms with Gasteiger partial charge in [0, 0.05) is 4.47 Å². The molecule has 0 fully saturated rings. The number of rotatable bonds is 1. The zero-order valence-electron chi connectivity index (χ0n) is 5.44. The second kappa shape index (κ2) is 3.73. The van der Waals surface area contributed by atoms with Gasteiger partial charge >= 0.3 is 0 Å². The van der Waals surface area contributed by atoms with E-state index in [9.17, 15) is 0 Å². The molecule has 1 aromatic carbocycles. The average Bonchev–Trinajstić information content (AvgIpc) is 1.86. The standard InChI is InChI=1S/C7H4Br3Si/c8-6-4-2-1-3-5(6)7(9,10)11/h1-4H. The fraction of sp³-hybridized carbons (Fsp3) is 0.143. The summed E-state index contributed by atoms with van der Waals surface area (Å²) in [6.07, 6.45) is 0. The molecule has 0 nitrogen and oxygen atoms in total. The summed E-state index contributed by atoms with van der Waals surface area (Å²) in [5.74, 6) is 0. The minimum Gasteiger partial charge on any atom is -0.0723 e. The van der Waals surface area contributed by atoms with Gasteiger partial charge in [-0.2, -0.15) is 0 Å². The number of hydrogen-bond acceptors (Lipinski definition) is 0. The summed E-state index contributed by atoms with van der Waals surface area (Å²) in [7, 11) is 3.49. The van der Waals surface area contributed by atoms with Crippen molar-refractivity contribution in [1.82, 2.24) is 0 Å². The van der Waals surface area contributed by atoms with Crippen LogP contribution in [-0.2, 0) is 2.86 Å². The molecule has 0 unspecified atom stereocenters. The van der Waals surface area contributed by atoms with E-state index >= 15 is 0 Å². The topological polar surface area (TPSA) is 0 Å². The van der Waals surface area contributed by atoms with Crippen molar-refractivity contribution in [2.75, 3.05) is 0 Å². The van der Waals surface area contributed by atoms with E-state index in [-0.39, 0.29) is 2.86 Å². The molecule has 4 heteroatoms. The van der Waals surface area contributed by atoms with E-state index in [0.29, 0.717) is 0 Å². The molecular weight excluding hydrogens is 352 g/mol. The second-order valence-electron chi connectivity index (χ2n) is 2.05. The summed E-state index contributed by atoms with van der Waals surface area (Å²) in [5, 5.41) is 0. The van der Waals surface area contributed by atoms with Gasteiger partial charge in [-0.1, -0.05) is 66.0 Å². The first-order valence-electron chi connectivity index (χ1n) is 2.89. The second-order valence-corrected chi connectivity index (χ2v) is 8.57. The molecule has 0 aliphatic heterocycles. The Morgan fingerprint density at radius 2 is 1.73 bits per heavy atom. The van der Waals surface area contributed by atoms with Crippen molar-refractivity contribution in [2.45, 2.75) is 2.86 Å². The lowest BCUT2D eigenvalue weighted by Crippen LogP contribution is -2.08. The molecule has 0 amide bonds. The summed E-state index contributed by atoms with van der Waals surface area (Å²) in [6, 6.07) is 7.97. The van der Waals surface area contributed by atoms with Gasteiger partial charge in [0.1, 0.15) is 0 Å². The molecule has 0 saturated carbocycles. The van der Waals surface area contributed by atoms with Gasteiger partial charge in [0.2, 0.25) is 0 Å². The van der Waals surface area contributed by atoms with Crippen LogP contribution in [0.15, 0.2) is 28.7 Å². The predicted molar refractivity (Wildman–Crippen MR) is 59.4 cm³/mol. The molecule has 0 heterocycles. The van der Waals surface area contributed by atoms with Crippen molar-refractivity contribution in [3.8, 4) is 0 Å². The van der Waals surface area contributed by atoms with Crippen LogP contribution in [0.1, 0.15) is 5.56 Å². The first-order valence-corrected chi connectivity index (χ1v) is 5.77. The van der Waals surface area contributed by atoms with Gasteiger partial charge in [0.15, 0.2) is 0 Å². The third kappa shape index (κ3) is 2.68. The van der Waals surface area contributed by atoms with Crippen molar-refractivity contribution in [1.29, 1.82) is 0 Å². The largest absolute Gasteiger partial charge is 0.0890 e. The highest BCUT2D eigenvalue weighted by atomic mass is 79.9. The molecule has 0 bridgehead atoms. The molecule has 0 saturated heterocycles. The van der Waals surface area contributed by atoms with Crippen LogP contribution in [0.2, 0.25) is 0 Å². The van der Waals surface area contributed by atoms with Crippen molar-refractivity contribution in [2.24, 2.45) is 0 Å². The molecule has 0 aromatic heterocycles. The minimum absolute atomic E-state index is 0.333. The van der Waals surface area contributed by atoms with E-state index < -0.39 is 0 Å². The van der Waals surface area contributed by atoms with E-state index in [1.165, 1.54) is 0 Å². The van der Waals surface area contributed by atoms with E-state index in [1.54, 1.807) is 0 Å². The summed E-state index contributed by atoms with van der Waals surface area (Å²) >= 11 is 10.3. The number of hydrogen-bond donors (Lipinski definition) is 0. The predicted octanol–water partition coefficient (Wildman–Crippen LogP) is 3.52. The maximum Gasteiger partial charge on any atom is 0.0890 e. The van der Waals surface area contributed by atoms with E-state index in [2.05, 4.69) is 58.0 Å². The normalized spacial score (nSPS) is 11.6. The Hall–Kier alpha value is 0.877. The zero-order chi connectivity index (χ0) is 8.48. The van der Waals surface area contributed by atoms with Crippen molar-refractivity contribution in [3.63, 3.8) is 0 Å². The van der Waals surface area contributed by atoms with Gasteiger partial charge in [-0.25, -0.2) is 0 Å². The van der Waals surface area contributed by atoms with Crippen LogP contribution in [0.25, 0.3) is 0 Å². The summed E-state index contributed by atoms with van der Waals surface area (Å²) < 4.78 is 0.726. The molecule has 0 N–H and O–H groups in total. The maximum absolute atomic E-state index is 3.49. The van der Waals surface area contributed by atoms with Gasteiger partial charge in [-0.3, -0.25) is 0 Å². The lowest BCUT2D eigenvalue weighted by molar-refractivity contribution is 1.30. The Balaban J connectivity index is 3.14. The van der Waals surface area contributed by atoms with Gasteiger partial charge < -0.3 is 0 Å². The first-order chi connectivity index (χ1) is 5.02. The van der Waals surface area contributed by atoms with Crippen LogP contribution in [0, 0.1) is 0 Å². The van der Waals surface area contributed by atoms with Crippen LogP contribution in [-0.4, -0.2) is 10.2 Å². The fourth-order valence-corrected chi connectivity index (χ4v) is 2.92. The van der Waals surface area contributed by atoms with Gasteiger partial charge in [-0.05, 0) is 11.6 Å². The lowest BCUT2D eigenvalue weighted by Gasteiger charge is -2.15. The summed E-state index contributed by atoms with van der Waals surface area (Å²) in [6.45, 7) is 0. The van der Waals surface area contributed by atoms with Gasteiger partial charge in [0.05, 0.1) is 13.1 Å². The molecule has 11 heavy (non-hydrogen) atoms. The molecule has 0 atom stereocenters. The SMILES string of the molecule is [Si]C(Br)(Br)c1ccccc1Br. The molecule has 0 aliphatic carbocycles. The van der Waals surface area contributed by atoms with Crippen LogP contribution >= 0.6 is 47.8 Å². The Morgan fingerprint density at radius 3 is 2.09 bits per heavy atom. The highest BCUT2D eigenvalue weighted by Crippen LogP contribution is 2.38. The molecular formula is C7H4Br3Si. The quantitative estimate of drug-likeness (QED) is 0.534. The maximum atomic E-state index is 3.49. The van der Waals surface area contributed by atoms with Gasteiger partial charge in [0.25, 0.3) is 0 Å². The van der Waals surface area contributed by atoms with Crippen molar-refractivity contribution < 1.29 is 0 Å². The van der Waals surface area contributed by atoms with E-state index in [4.69, 9.17) is 0 Å². The van der Waals surface area contributed by atoms with Crippen molar-refractivity contribution in [3.05, 3.63) is 34.3 Å². The van der Waals surface area contributed by atoms with Crippen LogP contribution in [0.4, 0.5) is 0 Å². The fourth-order valence-electron chi connectivity index (χ4n) is 0.716. The minimum atomic E-state index is -0.333. The molecule has 1 rings (SSSR count). The molecule has 0 aliphatic rings. The Labute approximate surface area is 94.6 Å². The van der Waals surface area contributed by atoms with E-state index in [1.807, 2.05) is 24.3 Å². The van der Waals surface area contributed by atoms with E-state index in [0.717, 1.165) is 10.0 Å². The first kappa shape index (κ1) is 9.96. The highest BCUT2D eigenvalue weighted by molar-refractivity contribution is 9.25. The Bertz CT molecular complexity index is 254. The molecule has 3 radical (unpaired) electrons. The van der Waals surface area contributed by atoms with Crippen LogP contribution in [0.3, 0.4) is 0 Å². The lowest BCUT2D eigenvalue weighted by atomic mass is 10.2. The van der Waals surface area contributed by atoms with Crippen molar-refractivity contribution >= 4 is 58.0 Å². The molecule has 57 valence electrons. The Morgan fingerprint density at radius 1 is 1.18 bits per heavy atom. The zero-order valence-corrected chi connectivity index (χ0v) is 11.2. The Kier molecular flexibility index (Phi) is 3.37. The molecule has 1 aromatic rings. The van der Waals surface area contributed by atoms with Gasteiger partial charge in [-0.15, -0.1) is 0 Å². The smallest absolute Gasteiger partial charge is 0.0723 e. The highest BCUT2D eigenvalue weighted by Gasteiger charge is 2.20. The average molecular weight is 356 g/mol. The van der Waals surface area contributed by atoms with Crippen LogP contribution in [0.5, 0.6) is 0 Å². The third-order valence-electron chi connectivity index (χ3n) is 1.21. The monoisotopic (exact) mass is 353 g/mol. The van der Waals surface area contributed by atoms with Crippen LogP contribution < -0.4 is 0 Å². The number of alkyl halides is 2. The summed E-state index contributed by atoms with van der Waals surface area (Å²) in [4.78, 5) is 0. The summed E-state index contributed by atoms with van der Waals surface area (Å²) in [5.41, 5.74) is 1.11. The molecule has 0 spiro atoms. The number of halogens is 3. The third-order valence-corrected chi connectivity index (χ3v) is 3.03. The number of benzene rings is 1.